The number of carbonyl (C=O) groups is 1. The highest BCUT2D eigenvalue weighted by atomic mass is 32.2. The van der Waals surface area contributed by atoms with E-state index in [-0.39, 0.29) is 22.0 Å². The lowest BCUT2D eigenvalue weighted by molar-refractivity contribution is -0.112. The molecular weight excluding hydrogens is 350 g/mol. The lowest BCUT2D eigenvalue weighted by Gasteiger charge is -2.09. The Kier molecular flexibility index (Phi) is 6.26. The number of ether oxygens (including phenoxy) is 1. The molecule has 26 heavy (non-hydrogen) atoms. The normalized spacial score (nSPS) is 10.5. The first-order chi connectivity index (χ1) is 12.5. The lowest BCUT2D eigenvalue weighted by Crippen LogP contribution is -2.13. The average Bonchev–Trinajstić information content (AvgIpc) is 2.64. The molecule has 0 aliphatic heterocycles. The van der Waals surface area contributed by atoms with E-state index >= 15 is 0 Å². The van der Waals surface area contributed by atoms with Crippen LogP contribution in [0.4, 0.5) is 5.69 Å². The third-order valence-electron chi connectivity index (χ3n) is 3.42. The first kappa shape index (κ1) is 18.9. The molecule has 2 aromatic carbocycles. The van der Waals surface area contributed by atoms with Gasteiger partial charge in [0, 0.05) is 5.69 Å². The average molecular weight is 365 g/mol. The van der Waals surface area contributed by atoms with E-state index in [2.05, 4.69) is 5.32 Å². The van der Waals surface area contributed by atoms with Crippen LogP contribution < -0.4 is 10.1 Å². The van der Waals surface area contributed by atoms with E-state index in [0.29, 0.717) is 11.3 Å². The third kappa shape index (κ3) is 4.56. The van der Waals surface area contributed by atoms with Crippen LogP contribution in [0.5, 0.6) is 11.5 Å². The summed E-state index contributed by atoms with van der Waals surface area (Å²) in [6.07, 6.45) is 1.37. The molecule has 2 aromatic rings. The van der Waals surface area contributed by atoms with Crippen molar-refractivity contribution in [1.29, 1.82) is 10.5 Å². The first-order valence-corrected chi connectivity index (χ1v) is 8.27. The number of phenolic OH excluding ortho intramolecular Hbond substituents is 1. The topological polar surface area (TPSA) is 106 Å². The van der Waals surface area contributed by atoms with Gasteiger partial charge in [-0.25, -0.2) is 0 Å². The molecule has 130 valence electrons. The molecule has 2 rings (SSSR count). The molecule has 0 bridgehead atoms. The first-order valence-electron chi connectivity index (χ1n) is 7.45. The summed E-state index contributed by atoms with van der Waals surface area (Å²) >= 11 is 0.755. The highest BCUT2D eigenvalue weighted by molar-refractivity contribution is 8.03. The lowest BCUT2D eigenvalue weighted by atomic mass is 10.1. The van der Waals surface area contributed by atoms with Crippen molar-refractivity contribution in [3.05, 3.63) is 53.1 Å². The molecule has 2 N–H and O–H groups in total. The monoisotopic (exact) mass is 365 g/mol. The fourth-order valence-corrected chi connectivity index (χ4v) is 2.61. The highest BCUT2D eigenvalue weighted by Crippen LogP contribution is 2.38. The molecule has 6 nitrogen and oxygen atoms in total. The van der Waals surface area contributed by atoms with Crippen LogP contribution in [-0.4, -0.2) is 18.1 Å². The molecule has 1 amide bonds. The summed E-state index contributed by atoms with van der Waals surface area (Å²) < 4.78 is 5.07. The Hall–Kier alpha value is -3.42. The van der Waals surface area contributed by atoms with Crippen molar-refractivity contribution in [1.82, 2.24) is 0 Å². The van der Waals surface area contributed by atoms with Crippen molar-refractivity contribution < 1.29 is 14.6 Å². The Labute approximate surface area is 155 Å². The van der Waals surface area contributed by atoms with Crippen LogP contribution in [-0.2, 0) is 4.79 Å². The standard InChI is InChI=1S/C19H15N3O3S/c1-12-3-5-15(6-4-12)22-19(24)14(10-20)7-13-8-16(25-2)18(23)17(9-13)26-11-21/h3-9,23H,1-2H3,(H,22,24)/b14-7-. The predicted octanol–water partition coefficient (Wildman–Crippen LogP) is 3.83. The minimum Gasteiger partial charge on any atom is -0.503 e. The quantitative estimate of drug-likeness (QED) is 0.361. The number of nitrogens with one attached hydrogen (secondary N) is 1. The number of thioether (sulfide) groups is 1. The number of benzene rings is 2. The summed E-state index contributed by atoms with van der Waals surface area (Å²) in [5, 5.41) is 32.7. The van der Waals surface area contributed by atoms with E-state index in [1.165, 1.54) is 25.3 Å². The number of rotatable bonds is 5. The van der Waals surface area contributed by atoms with Gasteiger partial charge in [-0.15, -0.1) is 0 Å². The largest absolute Gasteiger partial charge is 0.503 e. The summed E-state index contributed by atoms with van der Waals surface area (Å²) in [7, 11) is 1.37. The van der Waals surface area contributed by atoms with Gasteiger partial charge in [0.2, 0.25) is 0 Å². The van der Waals surface area contributed by atoms with E-state index < -0.39 is 5.91 Å². The molecule has 0 spiro atoms. The minimum absolute atomic E-state index is 0.119. The number of aryl methyl sites for hydroxylation is 1. The molecule has 0 atom stereocenters. The second-order valence-corrected chi connectivity index (χ2v) is 6.08. The van der Waals surface area contributed by atoms with Crippen LogP contribution in [0.15, 0.2) is 46.9 Å². The van der Waals surface area contributed by atoms with Crippen molar-refractivity contribution in [3.8, 4) is 23.0 Å². The summed E-state index contributed by atoms with van der Waals surface area (Å²) in [5.74, 6) is -0.579. The van der Waals surface area contributed by atoms with Crippen molar-refractivity contribution in [2.45, 2.75) is 11.8 Å². The number of amides is 1. The number of methoxy groups -OCH3 is 1. The van der Waals surface area contributed by atoms with Crippen LogP contribution in [0, 0.1) is 28.9 Å². The molecule has 0 heterocycles. The van der Waals surface area contributed by atoms with Crippen LogP contribution in [0.1, 0.15) is 11.1 Å². The minimum atomic E-state index is -0.558. The van der Waals surface area contributed by atoms with Gasteiger partial charge in [-0.05, 0) is 54.6 Å². The maximum Gasteiger partial charge on any atom is 0.266 e. The van der Waals surface area contributed by atoms with Crippen LogP contribution >= 0.6 is 11.8 Å². The zero-order valence-corrected chi connectivity index (χ0v) is 14.9. The number of anilines is 1. The molecule has 0 unspecified atom stereocenters. The second kappa shape index (κ2) is 8.61. The molecule has 0 fully saturated rings. The molecule has 0 saturated heterocycles. The maximum atomic E-state index is 12.3. The van der Waals surface area contributed by atoms with Gasteiger partial charge in [-0.2, -0.15) is 10.5 Å². The Morgan fingerprint density at radius 3 is 2.54 bits per heavy atom. The second-order valence-electron chi connectivity index (χ2n) is 5.25. The van der Waals surface area contributed by atoms with Gasteiger partial charge in [0.1, 0.15) is 17.0 Å². The van der Waals surface area contributed by atoms with Crippen molar-refractivity contribution in [3.63, 3.8) is 0 Å². The van der Waals surface area contributed by atoms with Gasteiger partial charge in [0.25, 0.3) is 5.91 Å². The molecule has 0 aliphatic rings. The molecule has 0 radical (unpaired) electrons. The molecule has 0 aromatic heterocycles. The number of nitriles is 2. The van der Waals surface area contributed by atoms with Crippen molar-refractivity contribution >= 4 is 29.4 Å². The number of carbonyl (C=O) groups excluding carboxylic acids is 1. The van der Waals surface area contributed by atoms with Crippen molar-refractivity contribution in [2.75, 3.05) is 12.4 Å². The molecule has 7 heteroatoms. The smallest absolute Gasteiger partial charge is 0.266 e. The SMILES string of the molecule is COc1cc(/C=C(/C#N)C(=O)Nc2ccc(C)cc2)cc(SC#N)c1O. The van der Waals surface area contributed by atoms with Crippen LogP contribution in [0.25, 0.3) is 6.08 Å². The highest BCUT2D eigenvalue weighted by Gasteiger charge is 2.14. The van der Waals surface area contributed by atoms with Crippen LogP contribution in [0.3, 0.4) is 0 Å². The van der Waals surface area contributed by atoms with Gasteiger partial charge in [-0.1, -0.05) is 17.7 Å². The van der Waals surface area contributed by atoms with Crippen molar-refractivity contribution in [2.24, 2.45) is 0 Å². The zero-order valence-electron chi connectivity index (χ0n) is 14.1. The number of nitrogens with zero attached hydrogens (tertiary/aromatic N) is 2. The van der Waals surface area contributed by atoms with Crippen LogP contribution in [0.2, 0.25) is 0 Å². The predicted molar refractivity (Wildman–Crippen MR) is 99.5 cm³/mol. The van der Waals surface area contributed by atoms with E-state index in [4.69, 9.17) is 10.00 Å². The fourth-order valence-electron chi connectivity index (χ4n) is 2.12. The summed E-state index contributed by atoms with van der Waals surface area (Å²) in [6, 6.07) is 12.0. The van der Waals surface area contributed by atoms with E-state index in [9.17, 15) is 15.2 Å². The fraction of sp³-hybridized carbons (Fsp3) is 0.105. The Morgan fingerprint density at radius 2 is 1.96 bits per heavy atom. The van der Waals surface area contributed by atoms with Gasteiger partial charge < -0.3 is 15.2 Å². The number of hydrogen-bond donors (Lipinski definition) is 2. The number of thiocyanates is 1. The van der Waals surface area contributed by atoms with E-state index in [0.717, 1.165) is 17.3 Å². The molecule has 0 aliphatic carbocycles. The summed E-state index contributed by atoms with van der Waals surface area (Å²) in [5.41, 5.74) is 1.96. The van der Waals surface area contributed by atoms with Gasteiger partial charge >= 0.3 is 0 Å². The number of aromatic hydroxyl groups is 1. The van der Waals surface area contributed by atoms with E-state index in [1.807, 2.05) is 30.5 Å². The Morgan fingerprint density at radius 1 is 1.27 bits per heavy atom. The number of phenols is 1. The maximum absolute atomic E-state index is 12.3. The third-order valence-corrected chi connectivity index (χ3v) is 4.05. The molecular formula is C19H15N3O3S. The molecule has 0 saturated carbocycles. The van der Waals surface area contributed by atoms with Gasteiger partial charge in [0.05, 0.1) is 12.0 Å². The van der Waals surface area contributed by atoms with Gasteiger partial charge in [0.15, 0.2) is 11.5 Å². The number of hydrogen-bond acceptors (Lipinski definition) is 6. The zero-order chi connectivity index (χ0) is 19.1. The Bertz CT molecular complexity index is 938. The van der Waals surface area contributed by atoms with E-state index in [1.54, 1.807) is 12.1 Å². The van der Waals surface area contributed by atoms with Gasteiger partial charge in [-0.3, -0.25) is 4.79 Å². The Balaban J connectivity index is 2.34. The summed E-state index contributed by atoms with van der Waals surface area (Å²) in [6.45, 7) is 1.93. The summed E-state index contributed by atoms with van der Waals surface area (Å²) in [4.78, 5) is 12.6.